The van der Waals surface area contributed by atoms with E-state index in [4.69, 9.17) is 5.73 Å². The van der Waals surface area contributed by atoms with Gasteiger partial charge in [0.05, 0.1) is 0 Å². The van der Waals surface area contributed by atoms with Crippen LogP contribution < -0.4 is 5.73 Å². The lowest BCUT2D eigenvalue weighted by atomic mass is 9.78. The van der Waals surface area contributed by atoms with E-state index in [9.17, 15) is 4.39 Å². The number of hydrogen-bond donors (Lipinski definition) is 1. The van der Waals surface area contributed by atoms with Crippen molar-refractivity contribution in [2.45, 2.75) is 31.6 Å². The van der Waals surface area contributed by atoms with Crippen LogP contribution in [0.15, 0.2) is 48.5 Å². The van der Waals surface area contributed by atoms with Gasteiger partial charge in [-0.25, -0.2) is 4.39 Å². The molecule has 1 aliphatic rings. The fraction of sp³-hybridized carbons (Fsp3) is 0.368. The van der Waals surface area contributed by atoms with E-state index in [1.807, 2.05) is 12.1 Å². The maximum Gasteiger partial charge on any atom is 0.123 e. The summed E-state index contributed by atoms with van der Waals surface area (Å²) in [5.74, 6) is 1.21. The smallest absolute Gasteiger partial charge is 0.123 e. The highest BCUT2D eigenvalue weighted by molar-refractivity contribution is 5.63. The lowest BCUT2D eigenvalue weighted by molar-refractivity contribution is 0.333. The van der Waals surface area contributed by atoms with Crippen molar-refractivity contribution < 1.29 is 4.39 Å². The lowest BCUT2D eigenvalue weighted by Crippen LogP contribution is -2.20. The Balaban J connectivity index is 1.71. The fourth-order valence-electron chi connectivity index (χ4n) is 3.32. The summed E-state index contributed by atoms with van der Waals surface area (Å²) in [6, 6.07) is 15.4. The molecule has 1 saturated carbocycles. The minimum absolute atomic E-state index is 0.188. The molecule has 0 spiro atoms. The zero-order valence-corrected chi connectivity index (χ0v) is 12.3. The zero-order chi connectivity index (χ0) is 14.7. The molecule has 0 aromatic heterocycles. The largest absolute Gasteiger partial charge is 0.330 e. The normalized spacial score (nSPS) is 22.2. The molecule has 2 N–H and O–H groups in total. The topological polar surface area (TPSA) is 26.0 Å². The summed E-state index contributed by atoms with van der Waals surface area (Å²) in [7, 11) is 0. The van der Waals surface area contributed by atoms with Gasteiger partial charge in [0.15, 0.2) is 0 Å². The molecule has 0 atom stereocenters. The maximum atomic E-state index is 13.0. The van der Waals surface area contributed by atoms with Gasteiger partial charge in [-0.1, -0.05) is 36.4 Å². The van der Waals surface area contributed by atoms with Crippen molar-refractivity contribution in [1.82, 2.24) is 0 Å². The molecule has 1 fully saturated rings. The second kappa shape index (κ2) is 6.40. The van der Waals surface area contributed by atoms with E-state index < -0.39 is 0 Å². The van der Waals surface area contributed by atoms with Gasteiger partial charge in [-0.2, -0.15) is 0 Å². The Labute approximate surface area is 126 Å². The monoisotopic (exact) mass is 283 g/mol. The van der Waals surface area contributed by atoms with Crippen LogP contribution in [0.25, 0.3) is 11.1 Å². The van der Waals surface area contributed by atoms with E-state index in [1.54, 1.807) is 0 Å². The van der Waals surface area contributed by atoms with Gasteiger partial charge in [0, 0.05) is 0 Å². The molecule has 1 nitrogen and oxygen atoms in total. The van der Waals surface area contributed by atoms with Crippen molar-refractivity contribution in [3.05, 3.63) is 59.9 Å². The Bertz CT molecular complexity index is 566. The molecule has 0 aliphatic heterocycles. The predicted octanol–water partition coefficient (Wildman–Crippen LogP) is 4.73. The third-order valence-electron chi connectivity index (χ3n) is 4.74. The van der Waals surface area contributed by atoms with Crippen LogP contribution in [-0.2, 0) is 0 Å². The van der Waals surface area contributed by atoms with E-state index in [0.29, 0.717) is 5.92 Å². The van der Waals surface area contributed by atoms with Crippen molar-refractivity contribution in [3.8, 4) is 11.1 Å². The second-order valence-corrected chi connectivity index (χ2v) is 6.08. The molecule has 0 saturated heterocycles. The Morgan fingerprint density at radius 1 is 0.810 bits per heavy atom. The van der Waals surface area contributed by atoms with E-state index in [-0.39, 0.29) is 5.82 Å². The van der Waals surface area contributed by atoms with Crippen molar-refractivity contribution in [3.63, 3.8) is 0 Å². The molecule has 0 amide bonds. The summed E-state index contributed by atoms with van der Waals surface area (Å²) in [4.78, 5) is 0. The van der Waals surface area contributed by atoms with Gasteiger partial charge < -0.3 is 5.73 Å². The van der Waals surface area contributed by atoms with Crippen molar-refractivity contribution >= 4 is 0 Å². The molecule has 110 valence electrons. The third kappa shape index (κ3) is 3.33. The highest BCUT2D eigenvalue weighted by Gasteiger charge is 2.21. The van der Waals surface area contributed by atoms with Gasteiger partial charge in [0.1, 0.15) is 5.82 Å². The van der Waals surface area contributed by atoms with Crippen LogP contribution in [0.2, 0.25) is 0 Å². The highest BCUT2D eigenvalue weighted by atomic mass is 19.1. The summed E-state index contributed by atoms with van der Waals surface area (Å²) in [6.07, 6.45) is 5.00. The van der Waals surface area contributed by atoms with E-state index >= 15 is 0 Å². The molecule has 2 heteroatoms. The predicted molar refractivity (Wildman–Crippen MR) is 85.6 cm³/mol. The SMILES string of the molecule is NCC1CCC(c2ccc(-c3ccc(F)cc3)cc2)CC1. The Kier molecular flexibility index (Phi) is 4.35. The van der Waals surface area contributed by atoms with Crippen LogP contribution in [0, 0.1) is 11.7 Å². The molecular formula is C19H22FN. The van der Waals surface area contributed by atoms with Gasteiger partial charge in [-0.05, 0) is 72.9 Å². The molecule has 0 unspecified atom stereocenters. The summed E-state index contributed by atoms with van der Waals surface area (Å²) in [6.45, 7) is 0.830. The molecule has 0 heterocycles. The Hall–Kier alpha value is -1.67. The van der Waals surface area contributed by atoms with E-state index in [2.05, 4.69) is 24.3 Å². The average molecular weight is 283 g/mol. The fourth-order valence-corrected chi connectivity index (χ4v) is 3.32. The molecule has 0 radical (unpaired) electrons. The van der Waals surface area contributed by atoms with Crippen LogP contribution in [0.1, 0.15) is 37.2 Å². The minimum Gasteiger partial charge on any atom is -0.330 e. The molecule has 2 aromatic rings. The first-order valence-corrected chi connectivity index (χ1v) is 7.82. The lowest BCUT2D eigenvalue weighted by Gasteiger charge is -2.28. The average Bonchev–Trinajstić information content (AvgIpc) is 2.56. The quantitative estimate of drug-likeness (QED) is 0.866. The van der Waals surface area contributed by atoms with Crippen molar-refractivity contribution in [2.24, 2.45) is 11.7 Å². The molecule has 3 rings (SSSR count). The second-order valence-electron chi connectivity index (χ2n) is 6.08. The van der Waals surface area contributed by atoms with Crippen molar-refractivity contribution in [1.29, 1.82) is 0 Å². The molecule has 0 bridgehead atoms. The van der Waals surface area contributed by atoms with Gasteiger partial charge in [0.25, 0.3) is 0 Å². The standard InChI is InChI=1S/C19H22FN/c20-19-11-9-18(10-12-19)17-7-5-16(6-8-17)15-3-1-14(13-21)2-4-15/h5-12,14-15H,1-4,13,21H2. The van der Waals surface area contributed by atoms with Gasteiger partial charge in [-0.15, -0.1) is 0 Å². The van der Waals surface area contributed by atoms with Crippen LogP contribution in [-0.4, -0.2) is 6.54 Å². The summed E-state index contributed by atoms with van der Waals surface area (Å²) in [5, 5.41) is 0. The molecular weight excluding hydrogens is 261 g/mol. The van der Waals surface area contributed by atoms with Crippen LogP contribution >= 0.6 is 0 Å². The molecule has 2 aromatic carbocycles. The Morgan fingerprint density at radius 2 is 1.33 bits per heavy atom. The summed E-state index contributed by atoms with van der Waals surface area (Å²) >= 11 is 0. The molecule has 21 heavy (non-hydrogen) atoms. The van der Waals surface area contributed by atoms with Gasteiger partial charge in [0.2, 0.25) is 0 Å². The van der Waals surface area contributed by atoms with Crippen molar-refractivity contribution in [2.75, 3.05) is 6.54 Å². The highest BCUT2D eigenvalue weighted by Crippen LogP contribution is 2.36. The first kappa shape index (κ1) is 14.3. The summed E-state index contributed by atoms with van der Waals surface area (Å²) in [5.41, 5.74) is 9.39. The minimum atomic E-state index is -0.188. The van der Waals surface area contributed by atoms with E-state index in [1.165, 1.54) is 43.4 Å². The number of benzene rings is 2. The molecule has 1 aliphatic carbocycles. The summed E-state index contributed by atoms with van der Waals surface area (Å²) < 4.78 is 13.0. The number of halogens is 1. The Morgan fingerprint density at radius 3 is 1.86 bits per heavy atom. The zero-order valence-electron chi connectivity index (χ0n) is 12.3. The number of hydrogen-bond acceptors (Lipinski definition) is 1. The first-order chi connectivity index (χ1) is 10.3. The number of rotatable bonds is 3. The van der Waals surface area contributed by atoms with Crippen LogP contribution in [0.4, 0.5) is 4.39 Å². The van der Waals surface area contributed by atoms with Gasteiger partial charge in [-0.3, -0.25) is 0 Å². The third-order valence-corrected chi connectivity index (χ3v) is 4.74. The van der Waals surface area contributed by atoms with Gasteiger partial charge >= 0.3 is 0 Å². The van der Waals surface area contributed by atoms with Crippen LogP contribution in [0.5, 0.6) is 0 Å². The number of nitrogens with two attached hydrogens (primary N) is 1. The maximum absolute atomic E-state index is 13.0. The first-order valence-electron chi connectivity index (χ1n) is 7.82. The van der Waals surface area contributed by atoms with E-state index in [0.717, 1.165) is 23.6 Å². The van der Waals surface area contributed by atoms with Crippen LogP contribution in [0.3, 0.4) is 0 Å².